The Hall–Kier alpha value is -2.04. The number of benzene rings is 1. The van der Waals surface area contributed by atoms with Crippen LogP contribution in [0.1, 0.15) is 39.5 Å². The first-order chi connectivity index (χ1) is 11.1. The number of rotatable bonds is 6. The van der Waals surface area contributed by atoms with Crippen LogP contribution in [0.2, 0.25) is 0 Å². The van der Waals surface area contributed by atoms with E-state index in [9.17, 15) is 9.59 Å². The Labute approximate surface area is 138 Å². The molecule has 23 heavy (non-hydrogen) atoms. The Morgan fingerprint density at radius 1 is 1.35 bits per heavy atom. The molecule has 5 nitrogen and oxygen atoms in total. The molecule has 1 aromatic carbocycles. The van der Waals surface area contributed by atoms with E-state index in [0.29, 0.717) is 18.7 Å². The highest BCUT2D eigenvalue weighted by Crippen LogP contribution is 2.15. The number of piperidine rings is 1. The van der Waals surface area contributed by atoms with Gasteiger partial charge in [-0.2, -0.15) is 0 Å². The standard InChI is InChI=1S/C18H26N2O3/c1-3-8-17(21)19-15-9-7-12-20(13-15)18(22)14(2)23-16-10-5-4-6-11-16/h4-6,10-11,14-15H,3,7-9,12-13H2,1-2H3,(H,19,21). The molecule has 2 amide bonds. The summed E-state index contributed by atoms with van der Waals surface area (Å²) in [7, 11) is 0. The number of ether oxygens (including phenoxy) is 1. The lowest BCUT2D eigenvalue weighted by atomic mass is 10.0. The van der Waals surface area contributed by atoms with E-state index in [1.807, 2.05) is 37.3 Å². The number of para-hydroxylation sites is 1. The number of nitrogens with zero attached hydrogens (tertiary/aromatic N) is 1. The van der Waals surface area contributed by atoms with Crippen molar-refractivity contribution in [2.75, 3.05) is 13.1 Å². The average Bonchev–Trinajstić information content (AvgIpc) is 2.55. The molecule has 2 rings (SSSR count). The van der Waals surface area contributed by atoms with Crippen LogP contribution in [0.4, 0.5) is 0 Å². The maximum Gasteiger partial charge on any atom is 0.263 e. The van der Waals surface area contributed by atoms with E-state index < -0.39 is 6.10 Å². The van der Waals surface area contributed by atoms with Crippen molar-refractivity contribution in [2.45, 2.75) is 51.7 Å². The third kappa shape index (κ3) is 5.27. The molecule has 5 heteroatoms. The van der Waals surface area contributed by atoms with Gasteiger partial charge in [0.1, 0.15) is 5.75 Å². The van der Waals surface area contributed by atoms with Crippen molar-refractivity contribution in [3.05, 3.63) is 30.3 Å². The van der Waals surface area contributed by atoms with Crippen molar-refractivity contribution < 1.29 is 14.3 Å². The van der Waals surface area contributed by atoms with Gasteiger partial charge in [0.25, 0.3) is 5.91 Å². The molecule has 1 saturated heterocycles. The zero-order valence-corrected chi connectivity index (χ0v) is 14.0. The highest BCUT2D eigenvalue weighted by Gasteiger charge is 2.28. The molecule has 0 spiro atoms. The molecule has 0 saturated carbocycles. The monoisotopic (exact) mass is 318 g/mol. The molecule has 0 bridgehead atoms. The van der Waals surface area contributed by atoms with Crippen LogP contribution < -0.4 is 10.1 Å². The Bertz CT molecular complexity index is 518. The summed E-state index contributed by atoms with van der Waals surface area (Å²) in [5, 5.41) is 3.02. The van der Waals surface area contributed by atoms with Gasteiger partial charge < -0.3 is 15.0 Å². The molecule has 1 fully saturated rings. The average molecular weight is 318 g/mol. The zero-order valence-electron chi connectivity index (χ0n) is 14.0. The SMILES string of the molecule is CCCC(=O)NC1CCCN(C(=O)C(C)Oc2ccccc2)C1. The van der Waals surface area contributed by atoms with E-state index in [4.69, 9.17) is 4.74 Å². The molecule has 1 aliphatic heterocycles. The van der Waals surface area contributed by atoms with Gasteiger partial charge in [-0.05, 0) is 38.3 Å². The summed E-state index contributed by atoms with van der Waals surface area (Å²) in [6, 6.07) is 9.41. The van der Waals surface area contributed by atoms with E-state index in [-0.39, 0.29) is 17.9 Å². The fourth-order valence-corrected chi connectivity index (χ4v) is 2.83. The van der Waals surface area contributed by atoms with Crippen LogP contribution in [0.15, 0.2) is 30.3 Å². The van der Waals surface area contributed by atoms with E-state index in [1.165, 1.54) is 0 Å². The second-order valence-corrected chi connectivity index (χ2v) is 6.01. The maximum absolute atomic E-state index is 12.5. The predicted molar refractivity (Wildman–Crippen MR) is 89.2 cm³/mol. The normalized spacial score (nSPS) is 19.0. The summed E-state index contributed by atoms with van der Waals surface area (Å²) < 4.78 is 5.71. The molecule has 1 N–H and O–H groups in total. The highest BCUT2D eigenvalue weighted by atomic mass is 16.5. The lowest BCUT2D eigenvalue weighted by Crippen LogP contribution is -2.52. The fourth-order valence-electron chi connectivity index (χ4n) is 2.83. The second kappa shape index (κ2) is 8.56. The van der Waals surface area contributed by atoms with Crippen molar-refractivity contribution in [2.24, 2.45) is 0 Å². The number of amides is 2. The molecule has 1 aromatic rings. The molecule has 0 aliphatic carbocycles. The molecular weight excluding hydrogens is 292 g/mol. The Morgan fingerprint density at radius 2 is 2.09 bits per heavy atom. The van der Waals surface area contributed by atoms with Crippen LogP contribution >= 0.6 is 0 Å². The minimum absolute atomic E-state index is 0.0247. The third-order valence-corrected chi connectivity index (χ3v) is 3.98. The largest absolute Gasteiger partial charge is 0.481 e. The van der Waals surface area contributed by atoms with E-state index >= 15 is 0 Å². The fraction of sp³-hybridized carbons (Fsp3) is 0.556. The van der Waals surface area contributed by atoms with Crippen LogP contribution in [-0.2, 0) is 9.59 Å². The summed E-state index contributed by atoms with van der Waals surface area (Å²) in [5.74, 6) is 0.738. The first-order valence-corrected chi connectivity index (χ1v) is 8.40. The number of carbonyl (C=O) groups excluding carboxylic acids is 2. The molecule has 1 heterocycles. The summed E-state index contributed by atoms with van der Waals surface area (Å²) in [6.07, 6.45) is 2.68. The van der Waals surface area contributed by atoms with Crippen LogP contribution in [0.5, 0.6) is 5.75 Å². The highest BCUT2D eigenvalue weighted by molar-refractivity contribution is 5.81. The second-order valence-electron chi connectivity index (χ2n) is 6.01. The smallest absolute Gasteiger partial charge is 0.263 e. The van der Waals surface area contributed by atoms with Crippen molar-refractivity contribution in [1.82, 2.24) is 10.2 Å². The zero-order chi connectivity index (χ0) is 16.7. The quantitative estimate of drug-likeness (QED) is 0.876. The number of carbonyl (C=O) groups is 2. The molecule has 1 aliphatic rings. The van der Waals surface area contributed by atoms with Crippen LogP contribution in [-0.4, -0.2) is 41.9 Å². The predicted octanol–water partition coefficient (Wildman–Crippen LogP) is 2.36. The molecule has 0 aromatic heterocycles. The Kier molecular flexibility index (Phi) is 6.44. The lowest BCUT2D eigenvalue weighted by Gasteiger charge is -2.34. The first kappa shape index (κ1) is 17.3. The van der Waals surface area contributed by atoms with Gasteiger partial charge in [-0.25, -0.2) is 0 Å². The van der Waals surface area contributed by atoms with Gasteiger partial charge in [0.2, 0.25) is 5.91 Å². The number of hydrogen-bond acceptors (Lipinski definition) is 3. The van der Waals surface area contributed by atoms with Gasteiger partial charge in [-0.3, -0.25) is 9.59 Å². The van der Waals surface area contributed by atoms with E-state index in [2.05, 4.69) is 5.32 Å². The van der Waals surface area contributed by atoms with Gasteiger partial charge >= 0.3 is 0 Å². The number of hydrogen-bond donors (Lipinski definition) is 1. The third-order valence-electron chi connectivity index (χ3n) is 3.98. The van der Waals surface area contributed by atoms with E-state index in [1.54, 1.807) is 11.8 Å². The summed E-state index contributed by atoms with van der Waals surface area (Å²) >= 11 is 0. The van der Waals surface area contributed by atoms with Gasteiger partial charge in [0.15, 0.2) is 6.10 Å². The van der Waals surface area contributed by atoms with Crippen LogP contribution in [0.3, 0.4) is 0 Å². The van der Waals surface area contributed by atoms with Crippen molar-refractivity contribution in [1.29, 1.82) is 0 Å². The minimum atomic E-state index is -0.525. The maximum atomic E-state index is 12.5. The lowest BCUT2D eigenvalue weighted by molar-refractivity contribution is -0.140. The van der Waals surface area contributed by atoms with Crippen LogP contribution in [0.25, 0.3) is 0 Å². The van der Waals surface area contributed by atoms with E-state index in [0.717, 1.165) is 25.8 Å². The van der Waals surface area contributed by atoms with Gasteiger partial charge in [-0.1, -0.05) is 25.1 Å². The Morgan fingerprint density at radius 3 is 2.78 bits per heavy atom. The summed E-state index contributed by atoms with van der Waals surface area (Å²) in [4.78, 5) is 26.1. The number of likely N-dealkylation sites (tertiary alicyclic amines) is 1. The topological polar surface area (TPSA) is 58.6 Å². The molecular formula is C18H26N2O3. The first-order valence-electron chi connectivity index (χ1n) is 8.40. The van der Waals surface area contributed by atoms with Crippen molar-refractivity contribution in [3.63, 3.8) is 0 Å². The molecule has 2 atom stereocenters. The van der Waals surface area contributed by atoms with Crippen LogP contribution in [0, 0.1) is 0 Å². The molecule has 2 unspecified atom stereocenters. The van der Waals surface area contributed by atoms with Gasteiger partial charge in [0.05, 0.1) is 0 Å². The minimum Gasteiger partial charge on any atom is -0.481 e. The summed E-state index contributed by atoms with van der Waals surface area (Å²) in [6.45, 7) is 5.05. The van der Waals surface area contributed by atoms with Gasteiger partial charge in [-0.15, -0.1) is 0 Å². The van der Waals surface area contributed by atoms with Crippen molar-refractivity contribution >= 4 is 11.8 Å². The molecule has 0 radical (unpaired) electrons. The Balaban J connectivity index is 1.87. The number of nitrogens with one attached hydrogen (secondary N) is 1. The molecule has 126 valence electrons. The summed E-state index contributed by atoms with van der Waals surface area (Å²) in [5.41, 5.74) is 0. The van der Waals surface area contributed by atoms with Gasteiger partial charge in [0, 0.05) is 25.6 Å². The van der Waals surface area contributed by atoms with Crippen molar-refractivity contribution in [3.8, 4) is 5.75 Å².